The molecule has 2 aromatic carbocycles. The largest absolute Gasteiger partial charge is 0.392 e. The van der Waals surface area contributed by atoms with E-state index in [1.807, 2.05) is 12.1 Å². The summed E-state index contributed by atoms with van der Waals surface area (Å²) in [5.74, 6) is -0.108. The van der Waals surface area contributed by atoms with Crippen molar-refractivity contribution in [2.45, 2.75) is 31.3 Å². The van der Waals surface area contributed by atoms with Crippen LogP contribution in [0.1, 0.15) is 29.0 Å². The maximum Gasteiger partial charge on any atom is 0.123 e. The van der Waals surface area contributed by atoms with E-state index in [2.05, 4.69) is 28.1 Å². The first-order valence-electron chi connectivity index (χ1n) is 6.85. The van der Waals surface area contributed by atoms with Crippen LogP contribution in [0, 0.1) is 5.82 Å². The number of benzene rings is 2. The molecule has 2 atom stereocenters. The first kappa shape index (κ1) is 13.8. The fraction of sp³-hybridized carbons (Fsp3) is 0.294. The van der Waals surface area contributed by atoms with E-state index in [9.17, 15) is 9.50 Å². The van der Waals surface area contributed by atoms with Crippen LogP contribution in [0.3, 0.4) is 0 Å². The van der Waals surface area contributed by atoms with Crippen LogP contribution >= 0.6 is 15.9 Å². The zero-order valence-electron chi connectivity index (χ0n) is 11.0. The molecule has 3 heteroatoms. The Kier molecular flexibility index (Phi) is 3.90. The quantitative estimate of drug-likeness (QED) is 0.890. The highest BCUT2D eigenvalue weighted by atomic mass is 79.9. The van der Waals surface area contributed by atoms with Crippen molar-refractivity contribution in [2.24, 2.45) is 0 Å². The second kappa shape index (κ2) is 5.66. The molecule has 0 amide bonds. The van der Waals surface area contributed by atoms with Gasteiger partial charge in [-0.1, -0.05) is 40.2 Å². The Morgan fingerprint density at radius 3 is 2.90 bits per heavy atom. The predicted molar refractivity (Wildman–Crippen MR) is 81.3 cm³/mol. The van der Waals surface area contributed by atoms with E-state index in [4.69, 9.17) is 0 Å². The van der Waals surface area contributed by atoms with Gasteiger partial charge in [0, 0.05) is 16.8 Å². The molecular weight excluding hydrogens is 319 g/mol. The van der Waals surface area contributed by atoms with Crippen LogP contribution in [0.15, 0.2) is 46.9 Å². The third kappa shape index (κ3) is 2.65. The van der Waals surface area contributed by atoms with E-state index in [0.717, 1.165) is 22.9 Å². The zero-order valence-corrected chi connectivity index (χ0v) is 12.6. The highest BCUT2D eigenvalue weighted by molar-refractivity contribution is 9.10. The molecule has 2 aromatic rings. The number of aryl methyl sites for hydroxylation is 1. The van der Waals surface area contributed by atoms with Crippen molar-refractivity contribution >= 4 is 15.9 Å². The zero-order chi connectivity index (χ0) is 14.1. The standard InChI is InChI=1S/C17H16BrFO/c18-16-8-6-13(19)9-12(16)10-17(20)15-7-5-11-3-1-2-4-14(11)15/h1-4,6,8-9,15,17,20H,5,7,10H2. The van der Waals surface area contributed by atoms with E-state index in [0.29, 0.717) is 6.42 Å². The van der Waals surface area contributed by atoms with Gasteiger partial charge >= 0.3 is 0 Å². The number of fused-ring (bicyclic) bond motifs is 1. The van der Waals surface area contributed by atoms with E-state index >= 15 is 0 Å². The molecule has 0 radical (unpaired) electrons. The third-order valence-electron chi connectivity index (χ3n) is 4.08. The second-order valence-corrected chi connectivity index (χ2v) is 6.21. The molecule has 0 aromatic heterocycles. The van der Waals surface area contributed by atoms with Gasteiger partial charge in [-0.25, -0.2) is 4.39 Å². The average molecular weight is 335 g/mol. The van der Waals surface area contributed by atoms with Crippen molar-refractivity contribution in [3.8, 4) is 0 Å². The Morgan fingerprint density at radius 2 is 2.05 bits per heavy atom. The molecule has 1 N–H and O–H groups in total. The Balaban J connectivity index is 1.81. The summed E-state index contributed by atoms with van der Waals surface area (Å²) in [5, 5.41) is 10.5. The molecular formula is C17H16BrFO. The van der Waals surface area contributed by atoms with Gasteiger partial charge in [0.25, 0.3) is 0 Å². The Morgan fingerprint density at radius 1 is 1.25 bits per heavy atom. The molecule has 1 nitrogen and oxygen atoms in total. The minimum atomic E-state index is -0.475. The Hall–Kier alpha value is -1.19. The SMILES string of the molecule is OC(Cc1cc(F)ccc1Br)C1CCc2ccccc21. The van der Waals surface area contributed by atoms with Crippen molar-refractivity contribution in [3.05, 3.63) is 69.4 Å². The number of hydrogen-bond acceptors (Lipinski definition) is 1. The molecule has 0 aliphatic heterocycles. The molecule has 0 fully saturated rings. The monoisotopic (exact) mass is 334 g/mol. The molecule has 0 heterocycles. The minimum absolute atomic E-state index is 0.154. The Bertz CT molecular complexity index is 626. The molecule has 3 rings (SSSR count). The van der Waals surface area contributed by atoms with Gasteiger partial charge in [-0.2, -0.15) is 0 Å². The summed E-state index contributed by atoms with van der Waals surface area (Å²) in [6, 6.07) is 12.9. The second-order valence-electron chi connectivity index (χ2n) is 5.35. The van der Waals surface area contributed by atoms with Gasteiger partial charge in [0.05, 0.1) is 6.10 Å². The molecule has 1 aliphatic rings. The van der Waals surface area contributed by atoms with Crippen LogP contribution in [0.5, 0.6) is 0 Å². The van der Waals surface area contributed by atoms with Crippen LogP contribution in [0.2, 0.25) is 0 Å². The maximum absolute atomic E-state index is 13.3. The highest BCUT2D eigenvalue weighted by Gasteiger charge is 2.28. The van der Waals surface area contributed by atoms with Gasteiger partial charge in [-0.3, -0.25) is 0 Å². The van der Waals surface area contributed by atoms with Crippen LogP contribution in [0.25, 0.3) is 0 Å². The van der Waals surface area contributed by atoms with Gasteiger partial charge < -0.3 is 5.11 Å². The van der Waals surface area contributed by atoms with Crippen molar-refractivity contribution in [1.82, 2.24) is 0 Å². The fourth-order valence-electron chi connectivity index (χ4n) is 3.06. The van der Waals surface area contributed by atoms with Crippen LogP contribution in [0.4, 0.5) is 4.39 Å². The molecule has 0 saturated heterocycles. The van der Waals surface area contributed by atoms with E-state index in [1.165, 1.54) is 23.3 Å². The van der Waals surface area contributed by atoms with Gasteiger partial charge in [0.2, 0.25) is 0 Å². The lowest BCUT2D eigenvalue weighted by Crippen LogP contribution is -2.19. The lowest BCUT2D eigenvalue weighted by atomic mass is 9.91. The molecule has 2 unspecified atom stereocenters. The van der Waals surface area contributed by atoms with E-state index in [-0.39, 0.29) is 11.7 Å². The molecule has 0 bridgehead atoms. The fourth-order valence-corrected chi connectivity index (χ4v) is 3.47. The van der Waals surface area contributed by atoms with Crippen molar-refractivity contribution < 1.29 is 9.50 Å². The minimum Gasteiger partial charge on any atom is -0.392 e. The number of aliphatic hydroxyl groups is 1. The first-order chi connectivity index (χ1) is 9.65. The number of rotatable bonds is 3. The van der Waals surface area contributed by atoms with Gasteiger partial charge in [0.1, 0.15) is 5.82 Å². The van der Waals surface area contributed by atoms with E-state index in [1.54, 1.807) is 6.07 Å². The maximum atomic E-state index is 13.3. The van der Waals surface area contributed by atoms with Gasteiger partial charge in [-0.05, 0) is 47.7 Å². The van der Waals surface area contributed by atoms with Crippen LogP contribution in [-0.4, -0.2) is 11.2 Å². The molecule has 0 saturated carbocycles. The highest BCUT2D eigenvalue weighted by Crippen LogP contribution is 2.36. The lowest BCUT2D eigenvalue weighted by Gasteiger charge is -2.20. The van der Waals surface area contributed by atoms with Crippen molar-refractivity contribution in [2.75, 3.05) is 0 Å². The van der Waals surface area contributed by atoms with Gasteiger partial charge in [-0.15, -0.1) is 0 Å². The number of aliphatic hydroxyl groups excluding tert-OH is 1. The first-order valence-corrected chi connectivity index (χ1v) is 7.64. The van der Waals surface area contributed by atoms with Gasteiger partial charge in [0.15, 0.2) is 0 Å². The molecule has 20 heavy (non-hydrogen) atoms. The lowest BCUT2D eigenvalue weighted by molar-refractivity contribution is 0.143. The average Bonchev–Trinajstić information content (AvgIpc) is 2.87. The molecule has 0 spiro atoms. The van der Waals surface area contributed by atoms with Crippen LogP contribution < -0.4 is 0 Å². The summed E-state index contributed by atoms with van der Waals surface area (Å²) >= 11 is 3.42. The normalized spacial score (nSPS) is 18.9. The number of hydrogen-bond donors (Lipinski definition) is 1. The summed E-state index contributed by atoms with van der Waals surface area (Å²) < 4.78 is 14.2. The summed E-state index contributed by atoms with van der Waals surface area (Å²) in [6.07, 6.45) is 1.98. The summed E-state index contributed by atoms with van der Waals surface area (Å²) in [6.45, 7) is 0. The van der Waals surface area contributed by atoms with Crippen molar-refractivity contribution in [1.29, 1.82) is 0 Å². The Labute approximate surface area is 126 Å². The third-order valence-corrected chi connectivity index (χ3v) is 4.85. The molecule has 1 aliphatic carbocycles. The smallest absolute Gasteiger partial charge is 0.123 e. The number of halogens is 2. The van der Waals surface area contributed by atoms with Crippen LogP contribution in [-0.2, 0) is 12.8 Å². The summed E-state index contributed by atoms with van der Waals surface area (Å²) in [7, 11) is 0. The summed E-state index contributed by atoms with van der Waals surface area (Å²) in [4.78, 5) is 0. The van der Waals surface area contributed by atoms with E-state index < -0.39 is 6.10 Å². The van der Waals surface area contributed by atoms with Crippen molar-refractivity contribution in [3.63, 3.8) is 0 Å². The summed E-state index contributed by atoms with van der Waals surface area (Å²) in [5.41, 5.74) is 3.39. The predicted octanol–water partition coefficient (Wildman–Crippen LogP) is 4.22. The topological polar surface area (TPSA) is 20.2 Å². The molecule has 104 valence electrons.